The molecule has 0 saturated heterocycles. The molecule has 0 atom stereocenters. The number of carbonyl (C=O) groups excluding carboxylic acids is 2. The maximum Gasteiger partial charge on any atom is 0.349 e. The molecule has 0 fully saturated rings. The van der Waals surface area contributed by atoms with Gasteiger partial charge in [-0.1, -0.05) is 18.2 Å². The Morgan fingerprint density at radius 2 is 2.00 bits per heavy atom. The molecular formula is C15H11N3O4S. The monoisotopic (exact) mass is 329 g/mol. The van der Waals surface area contributed by atoms with E-state index in [4.69, 9.17) is 4.42 Å². The predicted octanol–water partition coefficient (Wildman–Crippen LogP) is 1.86. The summed E-state index contributed by atoms with van der Waals surface area (Å²) in [4.78, 5) is 39.6. The summed E-state index contributed by atoms with van der Waals surface area (Å²) in [5.41, 5.74) is -0.256. The lowest BCUT2D eigenvalue weighted by Gasteiger charge is -2.02. The summed E-state index contributed by atoms with van der Waals surface area (Å²) in [6.07, 6.45) is 0. The summed E-state index contributed by atoms with van der Waals surface area (Å²) in [7, 11) is 1.49. The number of rotatable bonds is 3. The fourth-order valence-corrected chi connectivity index (χ4v) is 2.63. The Morgan fingerprint density at radius 3 is 2.78 bits per heavy atom. The highest BCUT2D eigenvalue weighted by Crippen LogP contribution is 2.17. The number of nitrogens with zero attached hydrogens (tertiary/aromatic N) is 1. The summed E-state index contributed by atoms with van der Waals surface area (Å²) >= 11 is 1.09. The Kier molecular flexibility index (Phi) is 3.90. The van der Waals surface area contributed by atoms with Gasteiger partial charge in [0.1, 0.15) is 16.8 Å². The fourth-order valence-electron chi connectivity index (χ4n) is 1.95. The quantitative estimate of drug-likeness (QED) is 0.714. The van der Waals surface area contributed by atoms with Crippen molar-refractivity contribution < 1.29 is 14.0 Å². The summed E-state index contributed by atoms with van der Waals surface area (Å²) < 4.78 is 5.11. The van der Waals surface area contributed by atoms with Crippen LogP contribution in [0.25, 0.3) is 11.0 Å². The zero-order chi connectivity index (χ0) is 16.4. The lowest BCUT2D eigenvalue weighted by Crippen LogP contribution is -2.21. The molecule has 7 nitrogen and oxygen atoms in total. The van der Waals surface area contributed by atoms with Gasteiger partial charge in [-0.05, 0) is 12.1 Å². The first-order chi connectivity index (χ1) is 11.1. The Morgan fingerprint density at radius 1 is 1.22 bits per heavy atom. The number of anilines is 1. The molecule has 0 aliphatic rings. The molecule has 0 radical (unpaired) electrons. The van der Waals surface area contributed by atoms with Crippen LogP contribution in [0.4, 0.5) is 5.13 Å². The van der Waals surface area contributed by atoms with E-state index in [-0.39, 0.29) is 22.3 Å². The van der Waals surface area contributed by atoms with Crippen molar-refractivity contribution in [2.24, 2.45) is 0 Å². The van der Waals surface area contributed by atoms with Crippen LogP contribution < -0.4 is 16.3 Å². The molecule has 0 saturated carbocycles. The average molecular weight is 329 g/mol. The van der Waals surface area contributed by atoms with E-state index in [1.807, 2.05) is 0 Å². The van der Waals surface area contributed by atoms with Crippen LogP contribution in [0.1, 0.15) is 20.8 Å². The molecule has 0 bridgehead atoms. The van der Waals surface area contributed by atoms with Crippen molar-refractivity contribution in [3.63, 3.8) is 0 Å². The zero-order valence-electron chi connectivity index (χ0n) is 12.0. The van der Waals surface area contributed by atoms with Crippen LogP contribution >= 0.6 is 11.3 Å². The number of fused-ring (bicyclic) bond motifs is 1. The highest BCUT2D eigenvalue weighted by atomic mass is 32.1. The molecule has 0 aliphatic heterocycles. The number of hydrogen-bond acceptors (Lipinski definition) is 6. The van der Waals surface area contributed by atoms with E-state index >= 15 is 0 Å². The number of benzene rings is 1. The molecule has 0 aliphatic carbocycles. The molecule has 3 aromatic rings. The first kappa shape index (κ1) is 14.9. The zero-order valence-corrected chi connectivity index (χ0v) is 12.8. The van der Waals surface area contributed by atoms with E-state index in [1.54, 1.807) is 24.3 Å². The van der Waals surface area contributed by atoms with Gasteiger partial charge in [0.25, 0.3) is 11.8 Å². The average Bonchev–Trinajstić information content (AvgIpc) is 3.01. The topological polar surface area (TPSA) is 101 Å². The number of hydrogen-bond donors (Lipinski definition) is 2. The first-order valence-electron chi connectivity index (χ1n) is 6.60. The second-order valence-electron chi connectivity index (χ2n) is 4.56. The maximum absolute atomic E-state index is 12.2. The van der Waals surface area contributed by atoms with Gasteiger partial charge in [0.15, 0.2) is 5.13 Å². The minimum absolute atomic E-state index is 0.125. The Balaban J connectivity index is 1.88. The smallest absolute Gasteiger partial charge is 0.349 e. The minimum atomic E-state index is -0.732. The molecule has 3 rings (SSSR count). The first-order valence-corrected chi connectivity index (χ1v) is 7.48. The lowest BCUT2D eigenvalue weighted by molar-refractivity contribution is 0.0957. The third kappa shape index (κ3) is 2.97. The van der Waals surface area contributed by atoms with E-state index in [0.717, 1.165) is 11.3 Å². The van der Waals surface area contributed by atoms with Crippen molar-refractivity contribution in [2.45, 2.75) is 0 Å². The molecule has 2 amide bonds. The SMILES string of the molecule is CNC(=O)c1csc(NC(=O)c2cc3ccccc3oc2=O)n1. The van der Waals surface area contributed by atoms with E-state index in [0.29, 0.717) is 11.0 Å². The van der Waals surface area contributed by atoms with E-state index < -0.39 is 11.5 Å². The van der Waals surface area contributed by atoms with E-state index in [1.165, 1.54) is 18.5 Å². The van der Waals surface area contributed by atoms with Crippen molar-refractivity contribution in [2.75, 3.05) is 12.4 Å². The highest BCUT2D eigenvalue weighted by molar-refractivity contribution is 7.14. The normalized spacial score (nSPS) is 10.5. The van der Waals surface area contributed by atoms with Crippen LogP contribution in [-0.2, 0) is 0 Å². The summed E-state index contributed by atoms with van der Waals surface area (Å²) in [5, 5.41) is 7.30. The van der Waals surface area contributed by atoms with Crippen LogP contribution in [0, 0.1) is 0 Å². The molecule has 2 aromatic heterocycles. The van der Waals surface area contributed by atoms with Gasteiger partial charge in [-0.25, -0.2) is 9.78 Å². The summed E-state index contributed by atoms with van der Waals surface area (Å²) in [6, 6.07) is 8.36. The number of carbonyl (C=O) groups is 2. The van der Waals surface area contributed by atoms with Gasteiger partial charge >= 0.3 is 5.63 Å². The molecule has 0 spiro atoms. The highest BCUT2D eigenvalue weighted by Gasteiger charge is 2.16. The predicted molar refractivity (Wildman–Crippen MR) is 85.9 cm³/mol. The summed E-state index contributed by atoms with van der Waals surface area (Å²) in [5.74, 6) is -0.991. The maximum atomic E-state index is 12.2. The van der Waals surface area contributed by atoms with Crippen molar-refractivity contribution in [3.8, 4) is 0 Å². The molecule has 1 aromatic carbocycles. The Hall–Kier alpha value is -3.00. The van der Waals surface area contributed by atoms with Crippen LogP contribution in [0.3, 0.4) is 0 Å². The number of thiazole rings is 1. The van der Waals surface area contributed by atoms with Crippen molar-refractivity contribution in [1.82, 2.24) is 10.3 Å². The minimum Gasteiger partial charge on any atom is -0.422 e. The summed E-state index contributed by atoms with van der Waals surface area (Å²) in [6.45, 7) is 0. The van der Waals surface area contributed by atoms with Crippen molar-refractivity contribution in [1.29, 1.82) is 0 Å². The van der Waals surface area contributed by atoms with Gasteiger partial charge in [-0.3, -0.25) is 14.9 Å². The number of para-hydroxylation sites is 1. The standard InChI is InChI=1S/C15H11N3O4S/c1-16-13(20)10-7-23-15(17-10)18-12(19)9-6-8-4-2-3-5-11(8)22-14(9)21/h2-7H,1H3,(H,16,20)(H,17,18,19). The molecule has 2 heterocycles. The van der Waals surface area contributed by atoms with Gasteiger partial charge in [0, 0.05) is 17.8 Å². The molecule has 0 unspecified atom stereocenters. The fraction of sp³-hybridized carbons (Fsp3) is 0.0667. The van der Waals surface area contributed by atoms with Gasteiger partial charge in [0.05, 0.1) is 0 Å². The second-order valence-corrected chi connectivity index (χ2v) is 5.41. The largest absolute Gasteiger partial charge is 0.422 e. The van der Waals surface area contributed by atoms with Crippen LogP contribution in [0.5, 0.6) is 0 Å². The second kappa shape index (κ2) is 6.01. The molecule has 8 heteroatoms. The number of nitrogens with one attached hydrogen (secondary N) is 2. The van der Waals surface area contributed by atoms with Crippen LogP contribution in [-0.4, -0.2) is 23.8 Å². The van der Waals surface area contributed by atoms with E-state index in [9.17, 15) is 14.4 Å². The van der Waals surface area contributed by atoms with Gasteiger partial charge in [0.2, 0.25) is 0 Å². The number of aromatic nitrogens is 1. The van der Waals surface area contributed by atoms with Crippen LogP contribution in [0.2, 0.25) is 0 Å². The third-order valence-corrected chi connectivity index (χ3v) is 3.83. The third-order valence-electron chi connectivity index (χ3n) is 3.07. The van der Waals surface area contributed by atoms with Gasteiger partial charge in [-0.15, -0.1) is 11.3 Å². The van der Waals surface area contributed by atoms with Gasteiger partial charge < -0.3 is 9.73 Å². The Labute approximate surface area is 134 Å². The van der Waals surface area contributed by atoms with Crippen LogP contribution in [0.15, 0.2) is 44.9 Å². The van der Waals surface area contributed by atoms with Crippen molar-refractivity contribution >= 4 is 39.3 Å². The van der Waals surface area contributed by atoms with E-state index in [2.05, 4.69) is 15.6 Å². The van der Waals surface area contributed by atoms with Crippen molar-refractivity contribution in [3.05, 3.63) is 57.4 Å². The number of amides is 2. The molecule has 116 valence electrons. The lowest BCUT2D eigenvalue weighted by atomic mass is 10.2. The van der Waals surface area contributed by atoms with Gasteiger partial charge in [-0.2, -0.15) is 0 Å². The molecule has 2 N–H and O–H groups in total. The molecule has 23 heavy (non-hydrogen) atoms. The molecular weight excluding hydrogens is 318 g/mol. The Bertz CT molecular complexity index is 961.